The number of rotatable bonds is 2. The van der Waals surface area contributed by atoms with Crippen LogP contribution in [0.5, 0.6) is 0 Å². The number of nitrogens with one attached hydrogen (secondary N) is 2. The predicted octanol–water partition coefficient (Wildman–Crippen LogP) is 4.51. The first-order chi connectivity index (χ1) is 10.3. The van der Waals surface area contributed by atoms with Crippen molar-refractivity contribution in [1.29, 1.82) is 0 Å². The van der Waals surface area contributed by atoms with Crippen LogP contribution in [0, 0.1) is 0 Å². The van der Waals surface area contributed by atoms with Gasteiger partial charge in [0.1, 0.15) is 17.4 Å². The van der Waals surface area contributed by atoms with Crippen molar-refractivity contribution in [3.63, 3.8) is 0 Å². The van der Waals surface area contributed by atoms with E-state index < -0.39 is 0 Å². The molecular formula is C16H11ClN4. The highest BCUT2D eigenvalue weighted by molar-refractivity contribution is 6.33. The second-order valence-corrected chi connectivity index (χ2v) is 5.13. The van der Waals surface area contributed by atoms with Gasteiger partial charge in [-0.05, 0) is 18.2 Å². The molecule has 2 N–H and O–H groups in total. The van der Waals surface area contributed by atoms with E-state index in [9.17, 15) is 0 Å². The van der Waals surface area contributed by atoms with E-state index in [-0.39, 0.29) is 0 Å². The van der Waals surface area contributed by atoms with Crippen LogP contribution in [-0.2, 0) is 0 Å². The zero-order valence-corrected chi connectivity index (χ0v) is 11.7. The van der Waals surface area contributed by atoms with Crippen molar-refractivity contribution in [3.8, 4) is 0 Å². The molecule has 4 aromatic rings. The summed E-state index contributed by atoms with van der Waals surface area (Å²) in [7, 11) is 0. The maximum atomic E-state index is 6.19. The summed E-state index contributed by atoms with van der Waals surface area (Å²) < 4.78 is 0. The molecule has 2 aromatic carbocycles. The van der Waals surface area contributed by atoms with E-state index in [1.807, 2.05) is 48.5 Å². The van der Waals surface area contributed by atoms with Gasteiger partial charge in [-0.15, -0.1) is 0 Å². The van der Waals surface area contributed by atoms with Gasteiger partial charge in [0.2, 0.25) is 0 Å². The molecule has 4 nitrogen and oxygen atoms in total. The summed E-state index contributed by atoms with van der Waals surface area (Å²) in [6.45, 7) is 0. The Balaban J connectivity index is 1.91. The Morgan fingerprint density at radius 2 is 1.76 bits per heavy atom. The normalized spacial score (nSPS) is 11.1. The topological polar surface area (TPSA) is 53.6 Å². The van der Waals surface area contributed by atoms with Crippen molar-refractivity contribution in [2.75, 3.05) is 5.32 Å². The molecule has 0 saturated heterocycles. The lowest BCUT2D eigenvalue weighted by Crippen LogP contribution is -1.96. The van der Waals surface area contributed by atoms with Crippen molar-refractivity contribution >= 4 is 45.0 Å². The summed E-state index contributed by atoms with van der Waals surface area (Å²) in [5.41, 5.74) is 3.63. The SMILES string of the molecule is Clc1ccccc1Nc1ncnc2c1[nH]c1ccccc12. The van der Waals surface area contributed by atoms with Gasteiger partial charge < -0.3 is 10.3 Å². The van der Waals surface area contributed by atoms with Crippen LogP contribution in [0.15, 0.2) is 54.9 Å². The Kier molecular flexibility index (Phi) is 2.75. The number of fused-ring (bicyclic) bond motifs is 3. The fourth-order valence-corrected chi connectivity index (χ4v) is 2.61. The Labute approximate surface area is 125 Å². The van der Waals surface area contributed by atoms with Crippen LogP contribution < -0.4 is 5.32 Å². The first-order valence-corrected chi connectivity index (χ1v) is 6.94. The van der Waals surface area contributed by atoms with Crippen molar-refractivity contribution < 1.29 is 0 Å². The maximum Gasteiger partial charge on any atom is 0.158 e. The Bertz CT molecular complexity index is 945. The molecule has 5 heteroatoms. The number of hydrogen-bond acceptors (Lipinski definition) is 3. The van der Waals surface area contributed by atoms with Crippen LogP contribution >= 0.6 is 11.6 Å². The molecule has 2 aromatic heterocycles. The number of nitrogens with zero attached hydrogens (tertiary/aromatic N) is 2. The number of benzene rings is 2. The van der Waals surface area contributed by atoms with Crippen LogP contribution in [0.4, 0.5) is 11.5 Å². The highest BCUT2D eigenvalue weighted by atomic mass is 35.5. The first-order valence-electron chi connectivity index (χ1n) is 6.56. The van der Waals surface area contributed by atoms with Crippen LogP contribution in [0.25, 0.3) is 21.9 Å². The van der Waals surface area contributed by atoms with Crippen molar-refractivity contribution in [3.05, 3.63) is 59.9 Å². The lowest BCUT2D eigenvalue weighted by Gasteiger charge is -2.07. The fraction of sp³-hybridized carbons (Fsp3) is 0. The summed E-state index contributed by atoms with van der Waals surface area (Å²) in [6, 6.07) is 15.6. The predicted molar refractivity (Wildman–Crippen MR) is 86.1 cm³/mol. The highest BCUT2D eigenvalue weighted by Crippen LogP contribution is 2.30. The number of hydrogen-bond donors (Lipinski definition) is 2. The summed E-state index contributed by atoms with van der Waals surface area (Å²) in [6.07, 6.45) is 1.56. The first kappa shape index (κ1) is 12.2. The van der Waals surface area contributed by atoms with Crippen molar-refractivity contribution in [2.24, 2.45) is 0 Å². The van der Waals surface area contributed by atoms with Crippen LogP contribution in [-0.4, -0.2) is 15.0 Å². The third-order valence-electron chi connectivity index (χ3n) is 3.42. The van der Waals surface area contributed by atoms with Crippen LogP contribution in [0.3, 0.4) is 0 Å². The van der Waals surface area contributed by atoms with Gasteiger partial charge >= 0.3 is 0 Å². The number of H-pyrrole nitrogens is 1. The highest BCUT2D eigenvalue weighted by Gasteiger charge is 2.11. The van der Waals surface area contributed by atoms with E-state index in [1.165, 1.54) is 0 Å². The Morgan fingerprint density at radius 3 is 2.67 bits per heavy atom. The zero-order valence-electron chi connectivity index (χ0n) is 11.0. The monoisotopic (exact) mass is 294 g/mol. The molecule has 0 spiro atoms. The Morgan fingerprint density at radius 1 is 0.952 bits per heavy atom. The maximum absolute atomic E-state index is 6.19. The van der Waals surface area contributed by atoms with Gasteiger partial charge in [-0.2, -0.15) is 0 Å². The van der Waals surface area contributed by atoms with Crippen LogP contribution in [0.1, 0.15) is 0 Å². The fourth-order valence-electron chi connectivity index (χ4n) is 2.43. The van der Waals surface area contributed by atoms with E-state index in [1.54, 1.807) is 6.33 Å². The second-order valence-electron chi connectivity index (χ2n) is 4.72. The zero-order chi connectivity index (χ0) is 14.2. The Hall–Kier alpha value is -2.59. The van der Waals surface area contributed by atoms with Gasteiger partial charge in [0.05, 0.1) is 10.7 Å². The summed E-state index contributed by atoms with van der Waals surface area (Å²) >= 11 is 6.19. The summed E-state index contributed by atoms with van der Waals surface area (Å²) in [5.74, 6) is 0.712. The number of aromatic amines is 1. The van der Waals surface area contributed by atoms with Gasteiger partial charge in [-0.1, -0.05) is 41.9 Å². The molecule has 21 heavy (non-hydrogen) atoms. The summed E-state index contributed by atoms with van der Waals surface area (Å²) in [5, 5.41) is 5.00. The van der Waals surface area contributed by atoms with E-state index in [4.69, 9.17) is 11.6 Å². The van der Waals surface area contributed by atoms with Crippen LogP contribution in [0.2, 0.25) is 5.02 Å². The molecule has 102 valence electrons. The van der Waals surface area contributed by atoms with Gasteiger partial charge in [0.15, 0.2) is 5.82 Å². The third kappa shape index (κ3) is 2.00. The molecule has 0 aliphatic rings. The van der Waals surface area contributed by atoms with E-state index >= 15 is 0 Å². The molecule has 0 bridgehead atoms. The number of anilines is 2. The standard InChI is InChI=1S/C16H11ClN4/c17-11-6-2-4-8-13(11)21-16-15-14(18-9-19-16)10-5-1-3-7-12(10)20-15/h1-9,20H,(H,18,19,21). The molecule has 0 unspecified atom stereocenters. The minimum absolute atomic E-state index is 0.653. The molecule has 0 aliphatic heterocycles. The molecule has 0 radical (unpaired) electrons. The lowest BCUT2D eigenvalue weighted by molar-refractivity contribution is 1.22. The molecule has 2 heterocycles. The van der Waals surface area contributed by atoms with Crippen molar-refractivity contribution in [2.45, 2.75) is 0 Å². The molecular weight excluding hydrogens is 284 g/mol. The average Bonchev–Trinajstić information content (AvgIpc) is 2.89. The molecule has 0 amide bonds. The molecule has 0 saturated carbocycles. The van der Waals surface area contributed by atoms with Gasteiger partial charge in [0, 0.05) is 10.9 Å². The number of halogens is 1. The third-order valence-corrected chi connectivity index (χ3v) is 3.75. The second kappa shape index (κ2) is 4.75. The van der Waals surface area contributed by atoms with Gasteiger partial charge in [0.25, 0.3) is 0 Å². The van der Waals surface area contributed by atoms with Crippen molar-refractivity contribution in [1.82, 2.24) is 15.0 Å². The molecule has 4 rings (SSSR count). The number of para-hydroxylation sites is 2. The number of aromatic nitrogens is 3. The average molecular weight is 295 g/mol. The van der Waals surface area contributed by atoms with Gasteiger partial charge in [-0.25, -0.2) is 9.97 Å². The smallest absolute Gasteiger partial charge is 0.158 e. The van der Waals surface area contributed by atoms with E-state index in [2.05, 4.69) is 20.3 Å². The summed E-state index contributed by atoms with van der Waals surface area (Å²) in [4.78, 5) is 12.1. The van der Waals surface area contributed by atoms with E-state index in [0.29, 0.717) is 10.8 Å². The quantitative estimate of drug-likeness (QED) is 0.572. The largest absolute Gasteiger partial charge is 0.350 e. The molecule has 0 aliphatic carbocycles. The van der Waals surface area contributed by atoms with Gasteiger partial charge in [-0.3, -0.25) is 0 Å². The minimum Gasteiger partial charge on any atom is -0.350 e. The molecule has 0 atom stereocenters. The lowest BCUT2D eigenvalue weighted by atomic mass is 10.2. The minimum atomic E-state index is 0.653. The van der Waals surface area contributed by atoms with E-state index in [0.717, 1.165) is 27.6 Å². The molecule has 0 fully saturated rings.